The lowest BCUT2D eigenvalue weighted by atomic mass is 9.90. The van der Waals surface area contributed by atoms with Gasteiger partial charge in [0, 0.05) is 12.6 Å². The lowest BCUT2D eigenvalue weighted by molar-refractivity contribution is -0.144. The zero-order chi connectivity index (χ0) is 18.1. The van der Waals surface area contributed by atoms with E-state index in [4.69, 9.17) is 0 Å². The second-order valence-electron chi connectivity index (χ2n) is 6.31. The number of aliphatic carboxylic acids is 1. The van der Waals surface area contributed by atoms with Crippen molar-refractivity contribution in [2.45, 2.75) is 32.7 Å². The number of aryl methyl sites for hydroxylation is 1. The van der Waals surface area contributed by atoms with Crippen LogP contribution in [-0.2, 0) is 4.79 Å². The molecule has 1 fully saturated rings. The fraction of sp³-hybridized carbons (Fsp3) is 0.412. The molecular formula is C17H19FN4O3. The normalized spacial score (nSPS) is 20.5. The Morgan fingerprint density at radius 2 is 2.12 bits per heavy atom. The molecule has 25 heavy (non-hydrogen) atoms. The van der Waals surface area contributed by atoms with E-state index in [2.05, 4.69) is 10.3 Å². The third-order valence-electron chi connectivity index (χ3n) is 4.68. The molecule has 1 aliphatic rings. The highest BCUT2D eigenvalue weighted by Crippen LogP contribution is 2.25. The smallest absolute Gasteiger partial charge is 0.308 e. The van der Waals surface area contributed by atoms with E-state index in [0.717, 1.165) is 0 Å². The van der Waals surface area contributed by atoms with E-state index >= 15 is 0 Å². The number of rotatable bonds is 3. The average Bonchev–Trinajstić information content (AvgIpc) is 3.04. The molecule has 1 N–H and O–H groups in total. The van der Waals surface area contributed by atoms with Crippen LogP contribution in [0.1, 0.15) is 35.8 Å². The molecule has 2 heterocycles. The first-order valence-corrected chi connectivity index (χ1v) is 8.11. The van der Waals surface area contributed by atoms with Crippen LogP contribution in [0.5, 0.6) is 0 Å². The van der Waals surface area contributed by atoms with Crippen LogP contribution in [0, 0.1) is 18.7 Å². The van der Waals surface area contributed by atoms with Crippen LogP contribution in [0.3, 0.4) is 0 Å². The third-order valence-corrected chi connectivity index (χ3v) is 4.68. The van der Waals surface area contributed by atoms with Crippen molar-refractivity contribution in [1.29, 1.82) is 0 Å². The largest absolute Gasteiger partial charge is 0.481 e. The van der Waals surface area contributed by atoms with Crippen molar-refractivity contribution in [2.24, 2.45) is 5.92 Å². The summed E-state index contributed by atoms with van der Waals surface area (Å²) >= 11 is 0. The van der Waals surface area contributed by atoms with Crippen LogP contribution in [0.15, 0.2) is 24.4 Å². The number of aromatic nitrogens is 3. The Kier molecular flexibility index (Phi) is 4.52. The van der Waals surface area contributed by atoms with Gasteiger partial charge in [0.2, 0.25) is 0 Å². The molecule has 132 valence electrons. The number of benzene rings is 1. The summed E-state index contributed by atoms with van der Waals surface area (Å²) in [6, 6.07) is 3.85. The Labute approximate surface area is 144 Å². The molecule has 1 aliphatic heterocycles. The van der Waals surface area contributed by atoms with E-state index in [1.165, 1.54) is 27.9 Å². The van der Waals surface area contributed by atoms with E-state index in [1.54, 1.807) is 19.9 Å². The maximum Gasteiger partial charge on any atom is 0.308 e. The lowest BCUT2D eigenvalue weighted by Gasteiger charge is -2.36. The summed E-state index contributed by atoms with van der Waals surface area (Å²) in [5.41, 5.74) is 1.44. The molecule has 1 aromatic heterocycles. The van der Waals surface area contributed by atoms with Gasteiger partial charge in [-0.15, -0.1) is 5.10 Å². The van der Waals surface area contributed by atoms with Crippen LogP contribution in [0.25, 0.3) is 5.69 Å². The summed E-state index contributed by atoms with van der Waals surface area (Å²) in [5.74, 6) is -2.16. The van der Waals surface area contributed by atoms with Gasteiger partial charge < -0.3 is 10.0 Å². The average molecular weight is 346 g/mol. The number of hydrogen-bond donors (Lipinski definition) is 1. The molecule has 7 nitrogen and oxygen atoms in total. The minimum absolute atomic E-state index is 0.140. The molecule has 2 aromatic rings. The molecule has 0 spiro atoms. The molecule has 0 radical (unpaired) electrons. The number of carboxylic acids is 1. The number of amides is 1. The van der Waals surface area contributed by atoms with Crippen LogP contribution >= 0.6 is 0 Å². The van der Waals surface area contributed by atoms with Gasteiger partial charge >= 0.3 is 5.97 Å². The van der Waals surface area contributed by atoms with Gasteiger partial charge in [-0.25, -0.2) is 9.07 Å². The van der Waals surface area contributed by atoms with Crippen molar-refractivity contribution < 1.29 is 19.1 Å². The minimum Gasteiger partial charge on any atom is -0.481 e. The maximum atomic E-state index is 13.2. The van der Waals surface area contributed by atoms with E-state index < -0.39 is 17.9 Å². The van der Waals surface area contributed by atoms with E-state index in [1.807, 2.05) is 0 Å². The van der Waals surface area contributed by atoms with Gasteiger partial charge in [-0.05, 0) is 50.5 Å². The van der Waals surface area contributed by atoms with Gasteiger partial charge in [-0.3, -0.25) is 9.59 Å². The second kappa shape index (κ2) is 6.62. The maximum absolute atomic E-state index is 13.2. The first-order chi connectivity index (χ1) is 11.9. The van der Waals surface area contributed by atoms with Crippen LogP contribution in [0.2, 0.25) is 0 Å². The second-order valence-corrected chi connectivity index (χ2v) is 6.31. The fourth-order valence-electron chi connectivity index (χ4n) is 3.26. The number of piperidine rings is 1. The van der Waals surface area contributed by atoms with E-state index in [9.17, 15) is 19.1 Å². The number of halogens is 1. The van der Waals surface area contributed by atoms with Crippen LogP contribution in [0.4, 0.5) is 4.39 Å². The minimum atomic E-state index is -0.893. The van der Waals surface area contributed by atoms with Gasteiger partial charge in [0.25, 0.3) is 5.91 Å². The Balaban J connectivity index is 1.84. The van der Waals surface area contributed by atoms with Crippen molar-refractivity contribution in [3.8, 4) is 5.69 Å². The predicted octanol–water partition coefficient (Wildman–Crippen LogP) is 2.04. The standard InChI is InChI=1S/C17H19FN4O3/c1-10-8-12(18)5-6-15(10)22-9-14(19-20-22)16(23)21-7-3-4-13(11(21)2)17(24)25/h5-6,8-9,11,13H,3-4,7H2,1-2H3,(H,24,25)/t11-,13-/m1/s1. The highest BCUT2D eigenvalue weighted by Gasteiger charge is 2.36. The summed E-state index contributed by atoms with van der Waals surface area (Å²) < 4.78 is 14.7. The molecule has 1 saturated heterocycles. The highest BCUT2D eigenvalue weighted by molar-refractivity contribution is 5.92. The summed E-state index contributed by atoms with van der Waals surface area (Å²) in [6.45, 7) is 3.97. The van der Waals surface area contributed by atoms with Crippen LogP contribution in [-0.4, -0.2) is 49.5 Å². The van der Waals surface area contributed by atoms with Crippen molar-refractivity contribution >= 4 is 11.9 Å². The third kappa shape index (κ3) is 3.24. The first-order valence-electron chi connectivity index (χ1n) is 8.11. The highest BCUT2D eigenvalue weighted by atomic mass is 19.1. The summed E-state index contributed by atoms with van der Waals surface area (Å²) in [7, 11) is 0. The monoisotopic (exact) mass is 346 g/mol. The molecule has 3 rings (SSSR count). The SMILES string of the molecule is Cc1cc(F)ccc1-n1cc(C(=O)N2CCC[C@@H](C(=O)O)[C@H]2C)nn1. The molecule has 0 unspecified atom stereocenters. The molecule has 0 saturated carbocycles. The van der Waals surface area contributed by atoms with Crippen molar-refractivity contribution in [3.05, 3.63) is 41.5 Å². The zero-order valence-electron chi connectivity index (χ0n) is 14.0. The fourth-order valence-corrected chi connectivity index (χ4v) is 3.26. The first kappa shape index (κ1) is 17.1. The Morgan fingerprint density at radius 1 is 1.36 bits per heavy atom. The number of hydrogen-bond acceptors (Lipinski definition) is 4. The molecule has 0 aliphatic carbocycles. The number of carboxylic acid groups (broad SMARTS) is 1. The summed E-state index contributed by atoms with van der Waals surface area (Å²) in [4.78, 5) is 25.6. The van der Waals surface area contributed by atoms with Gasteiger partial charge in [-0.1, -0.05) is 5.21 Å². The molecular weight excluding hydrogens is 327 g/mol. The number of carbonyl (C=O) groups excluding carboxylic acids is 1. The Morgan fingerprint density at radius 3 is 2.80 bits per heavy atom. The summed E-state index contributed by atoms with van der Waals surface area (Å²) in [6.07, 6.45) is 2.68. The zero-order valence-corrected chi connectivity index (χ0v) is 14.0. The van der Waals surface area contributed by atoms with Crippen molar-refractivity contribution in [1.82, 2.24) is 19.9 Å². The Hall–Kier alpha value is -2.77. The van der Waals surface area contributed by atoms with Gasteiger partial charge in [0.15, 0.2) is 5.69 Å². The number of nitrogens with zero attached hydrogens (tertiary/aromatic N) is 4. The predicted molar refractivity (Wildman–Crippen MR) is 86.9 cm³/mol. The topological polar surface area (TPSA) is 88.3 Å². The molecule has 0 bridgehead atoms. The molecule has 2 atom stereocenters. The molecule has 1 amide bonds. The van der Waals surface area contributed by atoms with E-state index in [0.29, 0.717) is 30.6 Å². The quantitative estimate of drug-likeness (QED) is 0.919. The molecule has 1 aromatic carbocycles. The molecule has 8 heteroatoms. The van der Waals surface area contributed by atoms with Crippen molar-refractivity contribution in [3.63, 3.8) is 0 Å². The lowest BCUT2D eigenvalue weighted by Crippen LogP contribution is -2.49. The van der Waals surface area contributed by atoms with Crippen molar-refractivity contribution in [2.75, 3.05) is 6.54 Å². The Bertz CT molecular complexity index is 820. The van der Waals surface area contributed by atoms with Gasteiger partial charge in [0.1, 0.15) is 5.82 Å². The summed E-state index contributed by atoms with van der Waals surface area (Å²) in [5, 5.41) is 17.2. The van der Waals surface area contributed by atoms with E-state index in [-0.39, 0.29) is 17.4 Å². The number of carbonyl (C=O) groups is 2. The number of likely N-dealkylation sites (tertiary alicyclic amines) is 1. The van der Waals surface area contributed by atoms with Gasteiger partial charge in [-0.2, -0.15) is 0 Å². The van der Waals surface area contributed by atoms with Crippen LogP contribution < -0.4 is 0 Å². The van der Waals surface area contributed by atoms with Gasteiger partial charge in [0.05, 0.1) is 17.8 Å².